The van der Waals surface area contributed by atoms with E-state index in [4.69, 9.17) is 0 Å². The van der Waals surface area contributed by atoms with Gasteiger partial charge in [0.05, 0.1) is 5.92 Å². The van der Waals surface area contributed by atoms with E-state index in [-0.39, 0.29) is 35.1 Å². The van der Waals surface area contributed by atoms with Gasteiger partial charge in [-0.1, -0.05) is 32.9 Å². The summed E-state index contributed by atoms with van der Waals surface area (Å²) in [5.41, 5.74) is 1.95. The zero-order valence-electron chi connectivity index (χ0n) is 19.0. The van der Waals surface area contributed by atoms with E-state index >= 15 is 0 Å². The minimum absolute atomic E-state index is 0.0202. The minimum Gasteiger partial charge on any atom is -0.341 e. The van der Waals surface area contributed by atoms with Gasteiger partial charge in [-0.05, 0) is 43.4 Å². The summed E-state index contributed by atoms with van der Waals surface area (Å²) < 4.78 is 0. The van der Waals surface area contributed by atoms with E-state index in [1.165, 1.54) is 5.56 Å². The Morgan fingerprint density at radius 1 is 0.967 bits per heavy atom. The van der Waals surface area contributed by atoms with Crippen LogP contribution in [0.4, 0.5) is 0 Å². The molecule has 1 aromatic rings. The number of rotatable bonds is 3. The zero-order chi connectivity index (χ0) is 22.1. The molecule has 0 saturated carbocycles. The fourth-order valence-corrected chi connectivity index (χ4v) is 4.29. The van der Waals surface area contributed by atoms with Gasteiger partial charge in [-0.2, -0.15) is 0 Å². The molecular weight excluding hydrogens is 378 g/mol. The molecule has 2 heterocycles. The van der Waals surface area contributed by atoms with Gasteiger partial charge in [0.15, 0.2) is 0 Å². The summed E-state index contributed by atoms with van der Waals surface area (Å²) in [5.74, 6) is -0.122. The van der Waals surface area contributed by atoms with Crippen molar-refractivity contribution in [3.63, 3.8) is 0 Å². The van der Waals surface area contributed by atoms with Crippen molar-refractivity contribution in [1.29, 1.82) is 0 Å². The Morgan fingerprint density at radius 3 is 2.13 bits per heavy atom. The third-order valence-electron chi connectivity index (χ3n) is 6.22. The normalized spacial score (nSPS) is 20.7. The molecule has 1 aromatic carbocycles. The van der Waals surface area contributed by atoms with Gasteiger partial charge in [0.25, 0.3) is 5.91 Å². The first-order valence-corrected chi connectivity index (χ1v) is 11.1. The van der Waals surface area contributed by atoms with Crippen LogP contribution in [-0.4, -0.2) is 71.2 Å². The van der Waals surface area contributed by atoms with Crippen molar-refractivity contribution in [3.8, 4) is 0 Å². The third-order valence-corrected chi connectivity index (χ3v) is 6.22. The fourth-order valence-electron chi connectivity index (χ4n) is 4.29. The van der Waals surface area contributed by atoms with E-state index in [1.54, 1.807) is 4.90 Å². The monoisotopic (exact) mass is 413 g/mol. The molecule has 6 heteroatoms. The second-order valence-electron chi connectivity index (χ2n) is 9.84. The number of nitrogens with zero attached hydrogens (tertiary/aromatic N) is 3. The Balaban J connectivity index is 1.60. The average Bonchev–Trinajstić information content (AvgIpc) is 2.93. The molecule has 164 valence electrons. The van der Waals surface area contributed by atoms with E-state index in [2.05, 4.69) is 20.8 Å². The number of carbonyl (C=O) groups excluding carboxylic acids is 3. The average molecular weight is 414 g/mol. The zero-order valence-corrected chi connectivity index (χ0v) is 19.0. The van der Waals surface area contributed by atoms with Gasteiger partial charge in [-0.25, -0.2) is 0 Å². The molecule has 0 radical (unpaired) electrons. The summed E-state index contributed by atoms with van der Waals surface area (Å²) in [5, 5.41) is 0. The highest BCUT2D eigenvalue weighted by molar-refractivity contribution is 5.94. The van der Waals surface area contributed by atoms with E-state index in [0.29, 0.717) is 44.7 Å². The van der Waals surface area contributed by atoms with E-state index in [1.807, 2.05) is 47.9 Å². The quantitative estimate of drug-likeness (QED) is 0.766. The second-order valence-corrected chi connectivity index (χ2v) is 9.84. The van der Waals surface area contributed by atoms with Crippen molar-refractivity contribution in [2.45, 2.75) is 58.9 Å². The maximum Gasteiger partial charge on any atom is 0.253 e. The molecule has 1 unspecified atom stereocenters. The molecule has 0 bridgehead atoms. The van der Waals surface area contributed by atoms with Crippen LogP contribution in [-0.2, 0) is 15.0 Å². The largest absolute Gasteiger partial charge is 0.341 e. The highest BCUT2D eigenvalue weighted by atomic mass is 16.2. The fraction of sp³-hybridized carbons (Fsp3) is 0.625. The SMILES string of the molecule is CC(C)N1CC(C(=O)N2CCCN(C(=O)c3ccc(C(C)(C)C)cc3)CC2)CC1=O. The van der Waals surface area contributed by atoms with E-state index < -0.39 is 0 Å². The number of hydrogen-bond donors (Lipinski definition) is 0. The van der Waals surface area contributed by atoms with Crippen molar-refractivity contribution in [1.82, 2.24) is 14.7 Å². The van der Waals surface area contributed by atoms with Crippen LogP contribution in [0.3, 0.4) is 0 Å². The van der Waals surface area contributed by atoms with Crippen LogP contribution in [0.5, 0.6) is 0 Å². The molecule has 2 aliphatic rings. The number of amides is 3. The second kappa shape index (κ2) is 8.78. The topological polar surface area (TPSA) is 60.9 Å². The van der Waals surface area contributed by atoms with Gasteiger partial charge in [0.1, 0.15) is 0 Å². The van der Waals surface area contributed by atoms with Crippen LogP contribution in [0.2, 0.25) is 0 Å². The van der Waals surface area contributed by atoms with Gasteiger partial charge in [0.2, 0.25) is 11.8 Å². The molecule has 30 heavy (non-hydrogen) atoms. The number of carbonyl (C=O) groups is 3. The molecule has 2 aliphatic heterocycles. The molecule has 6 nitrogen and oxygen atoms in total. The van der Waals surface area contributed by atoms with Crippen LogP contribution in [0.15, 0.2) is 24.3 Å². The molecule has 3 rings (SSSR count). The van der Waals surface area contributed by atoms with Crippen molar-refractivity contribution in [3.05, 3.63) is 35.4 Å². The van der Waals surface area contributed by atoms with Crippen molar-refractivity contribution >= 4 is 17.7 Å². The summed E-state index contributed by atoms with van der Waals surface area (Å²) in [7, 11) is 0. The lowest BCUT2D eigenvalue weighted by molar-refractivity contribution is -0.135. The summed E-state index contributed by atoms with van der Waals surface area (Å²) >= 11 is 0. The third kappa shape index (κ3) is 4.85. The maximum atomic E-state index is 13.0. The molecule has 1 atom stereocenters. The Morgan fingerprint density at radius 2 is 1.57 bits per heavy atom. The van der Waals surface area contributed by atoms with E-state index in [9.17, 15) is 14.4 Å². The standard InChI is InChI=1S/C24H35N3O3/c1-17(2)27-16-19(15-21(27)28)23(30)26-12-6-11-25(13-14-26)22(29)18-7-9-20(10-8-18)24(3,4)5/h7-10,17,19H,6,11-16H2,1-5H3. The molecule has 3 amide bonds. The Kier molecular flexibility index (Phi) is 6.53. The first-order chi connectivity index (χ1) is 14.1. The van der Waals surface area contributed by atoms with Gasteiger partial charge in [0, 0.05) is 50.7 Å². The highest BCUT2D eigenvalue weighted by Crippen LogP contribution is 2.24. The lowest BCUT2D eigenvalue weighted by Gasteiger charge is -2.25. The van der Waals surface area contributed by atoms with Crippen molar-refractivity contribution in [2.75, 3.05) is 32.7 Å². The van der Waals surface area contributed by atoms with Crippen LogP contribution in [0, 0.1) is 5.92 Å². The van der Waals surface area contributed by atoms with Crippen LogP contribution >= 0.6 is 0 Å². The minimum atomic E-state index is -0.257. The van der Waals surface area contributed by atoms with Gasteiger partial charge < -0.3 is 14.7 Å². The van der Waals surface area contributed by atoms with E-state index in [0.717, 1.165) is 6.42 Å². The van der Waals surface area contributed by atoms with Crippen LogP contribution in [0.1, 0.15) is 63.4 Å². The van der Waals surface area contributed by atoms with Crippen LogP contribution < -0.4 is 0 Å². The molecule has 0 aromatic heterocycles. The molecule has 0 aliphatic carbocycles. The number of benzene rings is 1. The van der Waals surface area contributed by atoms with Gasteiger partial charge >= 0.3 is 0 Å². The van der Waals surface area contributed by atoms with Gasteiger partial charge in [-0.15, -0.1) is 0 Å². The van der Waals surface area contributed by atoms with Gasteiger partial charge in [-0.3, -0.25) is 14.4 Å². The Hall–Kier alpha value is -2.37. The molecule has 2 fully saturated rings. The number of hydrogen-bond acceptors (Lipinski definition) is 3. The summed E-state index contributed by atoms with van der Waals surface area (Å²) in [6.07, 6.45) is 1.06. The molecular formula is C24H35N3O3. The maximum absolute atomic E-state index is 13.0. The predicted octanol–water partition coefficient (Wildman–Crippen LogP) is 2.92. The molecule has 0 N–H and O–H groups in total. The highest BCUT2D eigenvalue weighted by Gasteiger charge is 2.38. The predicted molar refractivity (Wildman–Crippen MR) is 117 cm³/mol. The molecule has 0 spiro atoms. The number of likely N-dealkylation sites (tertiary alicyclic amines) is 1. The first kappa shape index (κ1) is 22.3. The first-order valence-electron chi connectivity index (χ1n) is 11.1. The smallest absolute Gasteiger partial charge is 0.253 e. The summed E-state index contributed by atoms with van der Waals surface area (Å²) in [6.45, 7) is 13.3. The van der Waals surface area contributed by atoms with Crippen LogP contribution in [0.25, 0.3) is 0 Å². The van der Waals surface area contributed by atoms with Crippen molar-refractivity contribution < 1.29 is 14.4 Å². The lowest BCUT2D eigenvalue weighted by atomic mass is 9.86. The Bertz CT molecular complexity index is 795. The lowest BCUT2D eigenvalue weighted by Crippen LogP contribution is -2.41. The summed E-state index contributed by atoms with van der Waals surface area (Å²) in [4.78, 5) is 43.6. The summed E-state index contributed by atoms with van der Waals surface area (Å²) in [6, 6.07) is 7.98. The molecule has 2 saturated heterocycles. The van der Waals surface area contributed by atoms with Crippen molar-refractivity contribution in [2.24, 2.45) is 5.92 Å². The Labute approximate surface area is 180 Å².